The fourth-order valence-electron chi connectivity index (χ4n) is 2.40. The molecule has 1 fully saturated rings. The Morgan fingerprint density at radius 3 is 2.18 bits per heavy atom. The Labute approximate surface area is 112 Å². The highest BCUT2D eigenvalue weighted by atomic mass is 35.5. The van der Waals surface area contributed by atoms with E-state index in [1.807, 2.05) is 11.8 Å². The van der Waals surface area contributed by atoms with Crippen molar-refractivity contribution >= 4 is 18.3 Å². The van der Waals surface area contributed by atoms with E-state index >= 15 is 0 Å². The molecule has 0 radical (unpaired) electrons. The van der Waals surface area contributed by atoms with E-state index in [0.717, 1.165) is 31.8 Å². The number of amides is 1. The van der Waals surface area contributed by atoms with Crippen LogP contribution in [0.4, 0.5) is 0 Å². The summed E-state index contributed by atoms with van der Waals surface area (Å²) in [6, 6.07) is -0.0205. The number of hydrogen-bond acceptors (Lipinski definition) is 2. The van der Waals surface area contributed by atoms with Crippen LogP contribution >= 0.6 is 12.4 Å². The van der Waals surface area contributed by atoms with Gasteiger partial charge in [-0.05, 0) is 31.1 Å². The number of nitrogens with zero attached hydrogens (tertiary/aromatic N) is 1. The minimum absolute atomic E-state index is 0. The third kappa shape index (κ3) is 5.26. The molecule has 1 aliphatic rings. The summed E-state index contributed by atoms with van der Waals surface area (Å²) in [4.78, 5) is 13.8. The first kappa shape index (κ1) is 16.7. The van der Waals surface area contributed by atoms with Crippen LogP contribution in [-0.4, -0.2) is 29.9 Å². The van der Waals surface area contributed by atoms with Crippen LogP contribution in [-0.2, 0) is 4.79 Å². The molecule has 3 nitrogen and oxygen atoms in total. The minimum Gasteiger partial charge on any atom is -0.343 e. The summed E-state index contributed by atoms with van der Waals surface area (Å²) in [5.41, 5.74) is 6.02. The zero-order chi connectivity index (χ0) is 12.3. The molecule has 2 N–H and O–H groups in total. The molecule has 4 heteroatoms. The molecule has 0 aliphatic carbocycles. The van der Waals surface area contributed by atoms with Crippen LogP contribution in [0.3, 0.4) is 0 Å². The van der Waals surface area contributed by atoms with E-state index in [1.54, 1.807) is 0 Å². The van der Waals surface area contributed by atoms with Gasteiger partial charge in [-0.1, -0.05) is 20.8 Å². The van der Waals surface area contributed by atoms with Gasteiger partial charge in [-0.15, -0.1) is 12.4 Å². The van der Waals surface area contributed by atoms with Gasteiger partial charge < -0.3 is 10.6 Å². The Bertz CT molecular complexity index is 240. The van der Waals surface area contributed by atoms with Crippen molar-refractivity contribution in [2.75, 3.05) is 13.1 Å². The summed E-state index contributed by atoms with van der Waals surface area (Å²) in [7, 11) is 0. The zero-order valence-corrected chi connectivity index (χ0v) is 12.3. The van der Waals surface area contributed by atoms with Crippen molar-refractivity contribution in [1.29, 1.82) is 0 Å². The predicted molar refractivity (Wildman–Crippen MR) is 74.3 cm³/mol. The Balaban J connectivity index is 0.00000256. The third-order valence-electron chi connectivity index (χ3n) is 3.57. The number of piperidine rings is 1. The molecule has 1 unspecified atom stereocenters. The SMILES string of the molecule is CC(N)CC(=O)N1CCC(C(C)(C)C)CC1.Cl. The van der Waals surface area contributed by atoms with Gasteiger partial charge in [0.15, 0.2) is 0 Å². The number of hydrogen-bond donors (Lipinski definition) is 1. The molecule has 0 aromatic carbocycles. The molecule has 1 heterocycles. The summed E-state index contributed by atoms with van der Waals surface area (Å²) >= 11 is 0. The predicted octanol–water partition coefficient (Wildman–Crippen LogP) is 2.43. The summed E-state index contributed by atoms with van der Waals surface area (Å²) in [5, 5.41) is 0. The number of rotatable bonds is 2. The van der Waals surface area contributed by atoms with Crippen molar-refractivity contribution in [3.05, 3.63) is 0 Å². The lowest BCUT2D eigenvalue weighted by atomic mass is 9.75. The maximum atomic E-state index is 11.8. The number of halogens is 1. The van der Waals surface area contributed by atoms with Crippen LogP contribution in [0, 0.1) is 11.3 Å². The van der Waals surface area contributed by atoms with Crippen LogP contribution in [0.15, 0.2) is 0 Å². The van der Waals surface area contributed by atoms with Gasteiger partial charge in [-0.2, -0.15) is 0 Å². The van der Waals surface area contributed by atoms with E-state index < -0.39 is 0 Å². The normalized spacial score (nSPS) is 19.7. The molecule has 1 amide bonds. The highest BCUT2D eigenvalue weighted by molar-refractivity contribution is 5.85. The number of carbonyl (C=O) groups excluding carboxylic acids is 1. The lowest BCUT2D eigenvalue weighted by Crippen LogP contribution is -2.42. The standard InChI is InChI=1S/C13H26N2O.ClH/c1-10(14)9-12(16)15-7-5-11(6-8-15)13(2,3)4;/h10-11H,5-9,14H2,1-4H3;1H. The van der Waals surface area contributed by atoms with E-state index in [0.29, 0.717) is 11.8 Å². The van der Waals surface area contributed by atoms with Gasteiger partial charge in [-0.25, -0.2) is 0 Å². The van der Waals surface area contributed by atoms with E-state index in [2.05, 4.69) is 20.8 Å². The fraction of sp³-hybridized carbons (Fsp3) is 0.923. The van der Waals surface area contributed by atoms with Gasteiger partial charge in [0.2, 0.25) is 5.91 Å². The van der Waals surface area contributed by atoms with Crippen molar-refractivity contribution in [3.8, 4) is 0 Å². The Morgan fingerprint density at radius 1 is 1.35 bits per heavy atom. The second-order valence-electron chi connectivity index (χ2n) is 6.20. The second-order valence-corrected chi connectivity index (χ2v) is 6.20. The van der Waals surface area contributed by atoms with Crippen molar-refractivity contribution in [3.63, 3.8) is 0 Å². The van der Waals surface area contributed by atoms with Crippen LogP contribution in [0.25, 0.3) is 0 Å². The molecule has 0 bridgehead atoms. The van der Waals surface area contributed by atoms with Gasteiger partial charge >= 0.3 is 0 Å². The van der Waals surface area contributed by atoms with Crippen LogP contribution in [0.1, 0.15) is 47.0 Å². The first-order valence-electron chi connectivity index (χ1n) is 6.34. The maximum Gasteiger partial charge on any atom is 0.224 e. The van der Waals surface area contributed by atoms with Crippen molar-refractivity contribution in [2.45, 2.75) is 53.0 Å². The molecule has 102 valence electrons. The molecule has 1 atom stereocenters. The molecule has 0 aromatic heterocycles. The summed E-state index contributed by atoms with van der Waals surface area (Å²) in [5.74, 6) is 0.967. The van der Waals surface area contributed by atoms with Crippen LogP contribution in [0.2, 0.25) is 0 Å². The molecule has 0 saturated carbocycles. The number of carbonyl (C=O) groups is 1. The quantitative estimate of drug-likeness (QED) is 0.831. The molecule has 1 rings (SSSR count). The molecule has 1 aliphatic heterocycles. The molecule has 17 heavy (non-hydrogen) atoms. The van der Waals surface area contributed by atoms with Crippen molar-refractivity contribution < 1.29 is 4.79 Å². The van der Waals surface area contributed by atoms with Crippen LogP contribution < -0.4 is 5.73 Å². The smallest absolute Gasteiger partial charge is 0.224 e. The average molecular weight is 263 g/mol. The maximum absolute atomic E-state index is 11.8. The molecular formula is C13H27ClN2O. The number of nitrogens with two attached hydrogens (primary N) is 1. The first-order chi connectivity index (χ1) is 7.30. The molecule has 1 saturated heterocycles. The van der Waals surface area contributed by atoms with Crippen molar-refractivity contribution in [1.82, 2.24) is 4.90 Å². The highest BCUT2D eigenvalue weighted by Crippen LogP contribution is 2.34. The van der Waals surface area contributed by atoms with E-state index in [-0.39, 0.29) is 24.4 Å². The lowest BCUT2D eigenvalue weighted by Gasteiger charge is -2.39. The Kier molecular flexibility index (Phi) is 6.49. The summed E-state index contributed by atoms with van der Waals surface area (Å²) < 4.78 is 0. The largest absolute Gasteiger partial charge is 0.343 e. The minimum atomic E-state index is -0.0205. The molecule has 0 aromatic rings. The summed E-state index contributed by atoms with van der Waals surface area (Å²) in [6.07, 6.45) is 2.75. The van der Waals surface area contributed by atoms with Gasteiger partial charge in [0.25, 0.3) is 0 Å². The summed E-state index contributed by atoms with van der Waals surface area (Å²) in [6.45, 7) is 10.6. The van der Waals surface area contributed by atoms with E-state index in [1.165, 1.54) is 0 Å². The Morgan fingerprint density at radius 2 is 1.82 bits per heavy atom. The lowest BCUT2D eigenvalue weighted by molar-refractivity contribution is -0.133. The Hall–Kier alpha value is -0.280. The third-order valence-corrected chi connectivity index (χ3v) is 3.57. The average Bonchev–Trinajstić information content (AvgIpc) is 2.15. The van der Waals surface area contributed by atoms with Crippen LogP contribution in [0.5, 0.6) is 0 Å². The fourth-order valence-corrected chi connectivity index (χ4v) is 2.40. The van der Waals surface area contributed by atoms with Crippen molar-refractivity contribution in [2.24, 2.45) is 17.1 Å². The van der Waals surface area contributed by atoms with Gasteiger partial charge in [0.1, 0.15) is 0 Å². The van der Waals surface area contributed by atoms with Gasteiger partial charge in [0, 0.05) is 25.6 Å². The first-order valence-corrected chi connectivity index (χ1v) is 6.34. The van der Waals surface area contributed by atoms with Gasteiger partial charge in [-0.3, -0.25) is 4.79 Å². The molecule has 0 spiro atoms. The zero-order valence-electron chi connectivity index (χ0n) is 11.5. The van der Waals surface area contributed by atoms with Gasteiger partial charge in [0.05, 0.1) is 0 Å². The highest BCUT2D eigenvalue weighted by Gasteiger charge is 2.30. The topological polar surface area (TPSA) is 46.3 Å². The van der Waals surface area contributed by atoms with E-state index in [4.69, 9.17) is 5.73 Å². The second kappa shape index (κ2) is 6.60. The monoisotopic (exact) mass is 262 g/mol. The van der Waals surface area contributed by atoms with E-state index in [9.17, 15) is 4.79 Å². The molecular weight excluding hydrogens is 236 g/mol. The number of likely N-dealkylation sites (tertiary alicyclic amines) is 1.